The van der Waals surface area contributed by atoms with Crippen molar-refractivity contribution in [3.63, 3.8) is 0 Å². The van der Waals surface area contributed by atoms with E-state index in [9.17, 15) is 13.2 Å². The van der Waals surface area contributed by atoms with E-state index in [2.05, 4.69) is 45.5 Å². The maximum Gasteiger partial charge on any atom is 0.407 e. The van der Waals surface area contributed by atoms with Gasteiger partial charge in [-0.05, 0) is 51.3 Å². The minimum Gasteiger partial charge on any atom is -0.496 e. The topological polar surface area (TPSA) is 148 Å². The predicted octanol–water partition coefficient (Wildman–Crippen LogP) is 4.73. The highest BCUT2D eigenvalue weighted by molar-refractivity contribution is 7.93. The van der Waals surface area contributed by atoms with E-state index in [1.807, 2.05) is 26.0 Å². The maximum atomic E-state index is 12.8. The number of benzene rings is 1. The van der Waals surface area contributed by atoms with Gasteiger partial charge in [-0.15, -0.1) is 0 Å². The van der Waals surface area contributed by atoms with Gasteiger partial charge in [0.15, 0.2) is 0 Å². The molecule has 216 valence electrons. The molecule has 0 spiro atoms. The lowest BCUT2D eigenvalue weighted by atomic mass is 9.96. The van der Waals surface area contributed by atoms with Crippen LogP contribution < -0.4 is 14.8 Å². The summed E-state index contributed by atoms with van der Waals surface area (Å²) >= 11 is 0. The quantitative estimate of drug-likeness (QED) is 0.317. The number of alkyl carbamates (subject to hydrolysis) is 1. The van der Waals surface area contributed by atoms with E-state index in [1.54, 1.807) is 19.4 Å². The minimum absolute atomic E-state index is 0.118. The molecule has 1 aromatic carbocycles. The van der Waals surface area contributed by atoms with Crippen LogP contribution in [-0.2, 0) is 26.6 Å². The Labute approximate surface area is 235 Å². The molecule has 1 aliphatic rings. The Bertz CT molecular complexity index is 1490. The predicted molar refractivity (Wildman–Crippen MR) is 154 cm³/mol. The second-order valence-electron chi connectivity index (χ2n) is 11.2. The summed E-state index contributed by atoms with van der Waals surface area (Å²) in [5.41, 5.74) is 3.52. The molecule has 12 heteroatoms. The summed E-state index contributed by atoms with van der Waals surface area (Å²) in [4.78, 5) is 29.1. The molecular formula is C28H38N6O5S. The Morgan fingerprint density at radius 1 is 1.20 bits per heavy atom. The van der Waals surface area contributed by atoms with Crippen molar-refractivity contribution in [2.24, 2.45) is 0 Å². The van der Waals surface area contributed by atoms with Crippen molar-refractivity contribution >= 4 is 21.8 Å². The number of hydrogen-bond acceptors (Lipinski definition) is 8. The standard InChI is InChI=1S/C28H38N6O5S/c1-16(30-27(35)39-7)8-11-23-29-13-12-20(31-23)25-24(32-26(33-25)28(3,4)5)18-14-21(17(2)22(15-18)38-6)34-40(36,37)19-9-10-19/h12-16,19,34H,8-11H2,1-7H3,(H,30,35)(H,32,33)/t16-/m0/s1. The van der Waals surface area contributed by atoms with Crippen molar-refractivity contribution < 1.29 is 22.7 Å². The Morgan fingerprint density at radius 3 is 2.55 bits per heavy atom. The highest BCUT2D eigenvalue weighted by Crippen LogP contribution is 2.39. The molecule has 2 aromatic heterocycles. The summed E-state index contributed by atoms with van der Waals surface area (Å²) in [6.07, 6.45) is 3.71. The third-order valence-corrected chi connectivity index (χ3v) is 8.65. The highest BCUT2D eigenvalue weighted by atomic mass is 32.2. The number of carbonyl (C=O) groups is 1. The zero-order chi connectivity index (χ0) is 29.2. The largest absolute Gasteiger partial charge is 0.496 e. The van der Waals surface area contributed by atoms with E-state index in [4.69, 9.17) is 14.7 Å². The summed E-state index contributed by atoms with van der Waals surface area (Å²) in [5, 5.41) is 2.39. The van der Waals surface area contributed by atoms with E-state index in [0.29, 0.717) is 71.2 Å². The van der Waals surface area contributed by atoms with E-state index < -0.39 is 16.1 Å². The Morgan fingerprint density at radius 2 is 1.93 bits per heavy atom. The fourth-order valence-corrected chi connectivity index (χ4v) is 5.66. The molecule has 2 heterocycles. The second-order valence-corrected chi connectivity index (χ2v) is 13.2. The molecule has 0 radical (unpaired) electrons. The lowest BCUT2D eigenvalue weighted by Crippen LogP contribution is -2.32. The first-order valence-corrected chi connectivity index (χ1v) is 14.8. The lowest BCUT2D eigenvalue weighted by Gasteiger charge is -2.15. The number of rotatable bonds is 10. The number of hydrogen-bond donors (Lipinski definition) is 3. The molecule has 0 saturated heterocycles. The average Bonchev–Trinajstić information content (AvgIpc) is 3.67. The van der Waals surface area contributed by atoms with Crippen molar-refractivity contribution in [1.82, 2.24) is 25.3 Å². The number of aromatic amines is 1. The van der Waals surface area contributed by atoms with Gasteiger partial charge in [0.05, 0.1) is 42.2 Å². The number of imidazole rings is 1. The number of nitrogens with zero attached hydrogens (tertiary/aromatic N) is 3. The maximum absolute atomic E-state index is 12.8. The van der Waals surface area contributed by atoms with E-state index >= 15 is 0 Å². The number of carbonyl (C=O) groups excluding carboxylic acids is 1. The van der Waals surface area contributed by atoms with Crippen molar-refractivity contribution in [2.45, 2.75) is 77.0 Å². The first-order chi connectivity index (χ1) is 18.8. The van der Waals surface area contributed by atoms with Gasteiger partial charge >= 0.3 is 6.09 Å². The monoisotopic (exact) mass is 570 g/mol. The molecule has 1 atom stereocenters. The number of H-pyrrole nitrogens is 1. The smallest absolute Gasteiger partial charge is 0.407 e. The molecule has 1 aliphatic carbocycles. The van der Waals surface area contributed by atoms with Gasteiger partial charge in [-0.3, -0.25) is 4.72 Å². The summed E-state index contributed by atoms with van der Waals surface area (Å²) in [5.74, 6) is 1.93. The van der Waals surface area contributed by atoms with Crippen LogP contribution in [0.1, 0.15) is 64.2 Å². The van der Waals surface area contributed by atoms with Crippen LogP contribution in [0.2, 0.25) is 0 Å². The number of anilines is 1. The fraction of sp³-hybridized carbons (Fsp3) is 0.500. The van der Waals surface area contributed by atoms with Gasteiger partial charge in [-0.2, -0.15) is 0 Å². The molecule has 3 aromatic rings. The van der Waals surface area contributed by atoms with Crippen LogP contribution in [0.25, 0.3) is 22.6 Å². The van der Waals surface area contributed by atoms with Crippen LogP contribution in [0.15, 0.2) is 24.4 Å². The number of amides is 1. The molecule has 0 bridgehead atoms. The summed E-state index contributed by atoms with van der Waals surface area (Å²) in [6.45, 7) is 9.90. The molecule has 11 nitrogen and oxygen atoms in total. The normalized spacial score (nSPS) is 14.5. The molecule has 1 fully saturated rings. The van der Waals surface area contributed by atoms with Crippen LogP contribution in [0.4, 0.5) is 10.5 Å². The fourth-order valence-electron chi connectivity index (χ4n) is 4.22. The third-order valence-electron chi connectivity index (χ3n) is 6.80. The number of methoxy groups -OCH3 is 2. The Balaban J connectivity index is 1.74. The van der Waals surface area contributed by atoms with E-state index in [-0.39, 0.29) is 16.7 Å². The van der Waals surface area contributed by atoms with Gasteiger partial charge in [-0.25, -0.2) is 28.2 Å². The van der Waals surface area contributed by atoms with Crippen LogP contribution in [0, 0.1) is 6.92 Å². The lowest BCUT2D eigenvalue weighted by molar-refractivity contribution is 0.167. The molecule has 1 saturated carbocycles. The number of sulfonamides is 1. The van der Waals surface area contributed by atoms with E-state index in [0.717, 1.165) is 5.82 Å². The van der Waals surface area contributed by atoms with Crippen LogP contribution >= 0.6 is 0 Å². The van der Waals surface area contributed by atoms with Crippen LogP contribution in [0.3, 0.4) is 0 Å². The average molecular weight is 571 g/mol. The highest BCUT2D eigenvalue weighted by Gasteiger charge is 2.36. The van der Waals surface area contributed by atoms with Gasteiger partial charge in [0.2, 0.25) is 10.0 Å². The zero-order valence-corrected chi connectivity index (χ0v) is 24.9. The minimum atomic E-state index is -3.48. The van der Waals surface area contributed by atoms with Gasteiger partial charge in [0.1, 0.15) is 17.4 Å². The number of aryl methyl sites for hydroxylation is 1. The van der Waals surface area contributed by atoms with Gasteiger partial charge in [0.25, 0.3) is 0 Å². The van der Waals surface area contributed by atoms with Crippen LogP contribution in [-0.4, -0.2) is 60.0 Å². The molecule has 3 N–H and O–H groups in total. The van der Waals surface area contributed by atoms with Gasteiger partial charge in [-0.1, -0.05) is 20.8 Å². The molecule has 0 aliphatic heterocycles. The number of nitrogens with one attached hydrogen (secondary N) is 3. The number of aromatic nitrogens is 4. The first-order valence-electron chi connectivity index (χ1n) is 13.3. The molecule has 0 unspecified atom stereocenters. The summed E-state index contributed by atoms with van der Waals surface area (Å²) in [7, 11) is -0.594. The van der Waals surface area contributed by atoms with Crippen molar-refractivity contribution in [3.05, 3.63) is 41.6 Å². The van der Waals surface area contributed by atoms with E-state index in [1.165, 1.54) is 7.11 Å². The Hall–Kier alpha value is -3.67. The number of ether oxygens (including phenoxy) is 2. The summed E-state index contributed by atoms with van der Waals surface area (Å²) in [6, 6.07) is 5.35. The first kappa shape index (κ1) is 29.3. The van der Waals surface area contributed by atoms with Crippen molar-refractivity contribution in [3.8, 4) is 28.4 Å². The van der Waals surface area contributed by atoms with Crippen LogP contribution in [0.5, 0.6) is 5.75 Å². The second kappa shape index (κ2) is 11.4. The molecule has 4 rings (SSSR count). The summed E-state index contributed by atoms with van der Waals surface area (Å²) < 4.78 is 38.6. The third kappa shape index (κ3) is 6.72. The molecule has 1 amide bonds. The van der Waals surface area contributed by atoms with Gasteiger partial charge < -0.3 is 19.8 Å². The Kier molecular flexibility index (Phi) is 8.38. The zero-order valence-electron chi connectivity index (χ0n) is 24.1. The van der Waals surface area contributed by atoms with Crippen molar-refractivity contribution in [2.75, 3.05) is 18.9 Å². The SMILES string of the molecule is COC(=O)N[C@@H](C)CCc1nccc(-c2[nH]c(C(C)(C)C)nc2-c2cc(NS(=O)(=O)C3CC3)c(C)c(OC)c2)n1. The molecular weight excluding hydrogens is 532 g/mol. The van der Waals surface area contributed by atoms with Gasteiger partial charge in [0, 0.05) is 35.2 Å². The molecule has 40 heavy (non-hydrogen) atoms. The van der Waals surface area contributed by atoms with Crippen molar-refractivity contribution in [1.29, 1.82) is 0 Å².